The van der Waals surface area contributed by atoms with Gasteiger partial charge >= 0.3 is 0 Å². The van der Waals surface area contributed by atoms with Crippen LogP contribution in [-0.2, 0) is 0 Å². The summed E-state index contributed by atoms with van der Waals surface area (Å²) >= 11 is 0. The number of hydrogen-bond acceptors (Lipinski definition) is 3. The molecular weight excluding hydrogens is 1070 g/mol. The lowest BCUT2D eigenvalue weighted by Gasteiger charge is -2.35. The van der Waals surface area contributed by atoms with Gasteiger partial charge in [-0.15, -0.1) is 0 Å². The van der Waals surface area contributed by atoms with Crippen molar-refractivity contribution in [3.8, 4) is 95.5 Å². The molecule has 4 nitrogen and oxygen atoms in total. The minimum Gasteiger partial charge on any atom is -0.309 e. The fourth-order valence-corrected chi connectivity index (χ4v) is 16.9. The summed E-state index contributed by atoms with van der Waals surface area (Å²) in [6, 6.07) is 111. The molecule has 0 fully saturated rings. The van der Waals surface area contributed by atoms with Gasteiger partial charge in [0.05, 0.1) is 11.0 Å². The molecule has 87 heavy (non-hydrogen) atoms. The monoisotopic (exact) mass is 1130 g/mol. The Morgan fingerprint density at radius 2 is 0.644 bits per heavy atom. The molecule has 2 heterocycles. The van der Waals surface area contributed by atoms with Crippen molar-refractivity contribution in [2.75, 3.05) is 0 Å². The van der Waals surface area contributed by atoms with Gasteiger partial charge in [-0.25, -0.2) is 15.0 Å². The van der Waals surface area contributed by atoms with Gasteiger partial charge in [0, 0.05) is 33.2 Å². The van der Waals surface area contributed by atoms with Crippen LogP contribution in [0.3, 0.4) is 0 Å². The van der Waals surface area contributed by atoms with E-state index in [0.29, 0.717) is 17.5 Å². The predicted octanol–water partition coefficient (Wildman–Crippen LogP) is 19.0. The predicted molar refractivity (Wildman–Crippen MR) is 368 cm³/mol. The fourth-order valence-electron chi connectivity index (χ4n) is 12.4. The molecule has 412 valence electrons. The molecule has 0 atom stereocenters. The molecular formula is C82H60N4Si. The standard InChI is InChI=1S/C82H60N4Si/c1-3-4-8-23-58(2)87(73-33-11-6-12-34-73,74-35-13-7-14-36-74)75-37-22-31-71(57-75)69-29-20-28-68(55-69)61-44-50-64(51-45-61)81-83-80(63-48-42-60(43-49-63)67-27-19-26-66(54-67)59-24-9-5-10-25-59)84-82(85-81)65-52-46-62(47-53-65)70-30-21-32-72(56-70)86-78-40-17-15-38-76(78)77-39-16-18-41-79(77)86/h3-57H,2H2,1H3/b4-3-,23-8-. The lowest BCUT2D eigenvalue weighted by molar-refractivity contribution is 1.07. The Morgan fingerprint density at radius 3 is 1.10 bits per heavy atom. The van der Waals surface area contributed by atoms with Crippen LogP contribution in [0, 0.1) is 0 Å². The van der Waals surface area contributed by atoms with E-state index in [9.17, 15) is 0 Å². The maximum atomic E-state index is 5.24. The maximum absolute atomic E-state index is 5.24. The summed E-state index contributed by atoms with van der Waals surface area (Å²) in [6.07, 6.45) is 8.46. The third kappa shape index (κ3) is 10.6. The topological polar surface area (TPSA) is 43.6 Å². The van der Waals surface area contributed by atoms with Crippen molar-refractivity contribution >= 4 is 45.4 Å². The van der Waals surface area contributed by atoms with E-state index >= 15 is 0 Å². The number of benzene rings is 12. The molecule has 0 amide bonds. The van der Waals surface area contributed by atoms with Gasteiger partial charge in [0.2, 0.25) is 0 Å². The van der Waals surface area contributed by atoms with Crippen LogP contribution in [0.2, 0.25) is 0 Å². The molecule has 0 radical (unpaired) electrons. The molecule has 0 spiro atoms. The second kappa shape index (κ2) is 23.9. The highest BCUT2D eigenvalue weighted by Gasteiger charge is 2.41. The summed E-state index contributed by atoms with van der Waals surface area (Å²) in [4.78, 5) is 15.7. The average molecular weight is 1130 g/mol. The van der Waals surface area contributed by atoms with E-state index in [1.54, 1.807) is 0 Å². The van der Waals surface area contributed by atoms with Crippen molar-refractivity contribution in [3.63, 3.8) is 0 Å². The van der Waals surface area contributed by atoms with E-state index in [1.165, 1.54) is 48.5 Å². The van der Waals surface area contributed by atoms with E-state index in [2.05, 4.69) is 338 Å². The van der Waals surface area contributed by atoms with Gasteiger partial charge in [-0.05, 0) is 115 Å². The summed E-state index contributed by atoms with van der Waals surface area (Å²) in [5.41, 5.74) is 17.5. The Kier molecular flexibility index (Phi) is 14.8. The zero-order valence-electron chi connectivity index (χ0n) is 48.3. The van der Waals surface area contributed by atoms with Gasteiger partial charge in [-0.3, -0.25) is 0 Å². The highest BCUT2D eigenvalue weighted by atomic mass is 28.3. The second-order valence-electron chi connectivity index (χ2n) is 22.0. The van der Waals surface area contributed by atoms with Crippen molar-refractivity contribution in [3.05, 3.63) is 345 Å². The van der Waals surface area contributed by atoms with Crippen LogP contribution in [-0.4, -0.2) is 27.6 Å². The minimum absolute atomic E-state index is 0.598. The number of aromatic nitrogens is 4. The molecule has 0 unspecified atom stereocenters. The summed E-state index contributed by atoms with van der Waals surface area (Å²) in [5, 5.41) is 7.46. The smallest absolute Gasteiger partial charge is 0.179 e. The first-order valence-corrected chi connectivity index (χ1v) is 31.6. The molecule has 0 aliphatic carbocycles. The van der Waals surface area contributed by atoms with E-state index in [1.807, 2.05) is 6.92 Å². The van der Waals surface area contributed by atoms with Crippen molar-refractivity contribution in [1.82, 2.24) is 19.5 Å². The van der Waals surface area contributed by atoms with Gasteiger partial charge in [0.25, 0.3) is 0 Å². The lowest BCUT2D eigenvalue weighted by atomic mass is 9.98. The van der Waals surface area contributed by atoms with Crippen LogP contribution in [0.25, 0.3) is 117 Å². The van der Waals surface area contributed by atoms with Crippen molar-refractivity contribution < 1.29 is 0 Å². The van der Waals surface area contributed by atoms with Crippen LogP contribution >= 0.6 is 0 Å². The van der Waals surface area contributed by atoms with E-state index in [4.69, 9.17) is 21.5 Å². The van der Waals surface area contributed by atoms with Crippen molar-refractivity contribution in [2.45, 2.75) is 6.92 Å². The number of para-hydroxylation sites is 2. The molecule has 0 aliphatic rings. The van der Waals surface area contributed by atoms with Gasteiger partial charge in [0.15, 0.2) is 25.5 Å². The Balaban J connectivity index is 0.805. The Morgan fingerprint density at radius 1 is 0.310 bits per heavy atom. The molecule has 14 aromatic rings. The minimum atomic E-state index is -2.81. The summed E-state index contributed by atoms with van der Waals surface area (Å²) in [6.45, 7) is 6.88. The van der Waals surface area contributed by atoms with Crippen LogP contribution in [0.15, 0.2) is 345 Å². The van der Waals surface area contributed by atoms with Crippen LogP contribution in [0.4, 0.5) is 0 Å². The fraction of sp³-hybridized carbons (Fsp3) is 0.0122. The number of fused-ring (bicyclic) bond motifs is 3. The molecule has 0 bridgehead atoms. The molecule has 0 N–H and O–H groups in total. The van der Waals surface area contributed by atoms with Gasteiger partial charge in [-0.2, -0.15) is 0 Å². The third-order valence-corrected chi connectivity index (χ3v) is 21.4. The number of rotatable bonds is 15. The first kappa shape index (κ1) is 53.9. The first-order valence-electron chi connectivity index (χ1n) is 29.6. The van der Waals surface area contributed by atoms with Gasteiger partial charge in [-0.1, -0.05) is 309 Å². The molecule has 0 saturated heterocycles. The van der Waals surface area contributed by atoms with Crippen molar-refractivity contribution in [2.24, 2.45) is 0 Å². The molecule has 12 aromatic carbocycles. The third-order valence-electron chi connectivity index (χ3n) is 16.7. The maximum Gasteiger partial charge on any atom is 0.179 e. The molecule has 0 saturated carbocycles. The van der Waals surface area contributed by atoms with Gasteiger partial charge < -0.3 is 4.57 Å². The first-order chi connectivity index (χ1) is 43.0. The van der Waals surface area contributed by atoms with Crippen LogP contribution < -0.4 is 15.6 Å². The number of allylic oxidation sites excluding steroid dienone is 5. The normalized spacial score (nSPS) is 11.7. The SMILES string of the molecule is C=C(/C=C\C=C/C)[Si](c1ccccc1)(c1ccccc1)c1cccc(-c2cccc(-c3ccc(-c4nc(-c5ccc(-c6cccc(-c7ccccc7)c6)cc5)nc(-c5ccc(-c6cccc(-n7c8ccccc8c8ccccc87)c6)cc5)n4)cc3)c2)c1. The average Bonchev–Trinajstić information content (AvgIpc) is 2.66. The zero-order valence-corrected chi connectivity index (χ0v) is 49.3. The lowest BCUT2D eigenvalue weighted by Crippen LogP contribution is -2.68. The summed E-state index contributed by atoms with van der Waals surface area (Å²) in [5.74, 6) is 1.80. The summed E-state index contributed by atoms with van der Waals surface area (Å²) in [7, 11) is -2.81. The Labute approximate surface area is 509 Å². The molecule has 2 aromatic heterocycles. The molecule has 0 aliphatic heterocycles. The Bertz CT molecular complexity index is 4760. The molecule has 5 heteroatoms. The second-order valence-corrected chi connectivity index (χ2v) is 25.8. The largest absolute Gasteiger partial charge is 0.309 e. The van der Waals surface area contributed by atoms with E-state index in [0.717, 1.165) is 72.1 Å². The van der Waals surface area contributed by atoms with Crippen LogP contribution in [0.1, 0.15) is 6.92 Å². The Hall–Kier alpha value is -11.1. The van der Waals surface area contributed by atoms with E-state index < -0.39 is 8.07 Å². The van der Waals surface area contributed by atoms with E-state index in [-0.39, 0.29) is 0 Å². The quantitative estimate of drug-likeness (QED) is 0.0584. The number of hydrogen-bond donors (Lipinski definition) is 0. The molecule has 14 rings (SSSR count). The highest BCUT2D eigenvalue weighted by molar-refractivity contribution is 7.16. The number of nitrogens with zero attached hydrogens (tertiary/aromatic N) is 4. The van der Waals surface area contributed by atoms with Gasteiger partial charge in [0.1, 0.15) is 0 Å². The highest BCUT2D eigenvalue weighted by Crippen LogP contribution is 2.36. The summed E-state index contributed by atoms with van der Waals surface area (Å²) < 4.78 is 2.36. The van der Waals surface area contributed by atoms with Crippen LogP contribution in [0.5, 0.6) is 0 Å². The van der Waals surface area contributed by atoms with Crippen molar-refractivity contribution in [1.29, 1.82) is 0 Å². The zero-order chi connectivity index (χ0) is 58.5.